The number of hydrogen-bond donors (Lipinski definition) is 1. The van der Waals surface area contributed by atoms with Crippen molar-refractivity contribution in [1.82, 2.24) is 15.1 Å². The van der Waals surface area contributed by atoms with E-state index >= 15 is 0 Å². The summed E-state index contributed by atoms with van der Waals surface area (Å²) in [5.41, 5.74) is 4.16. The van der Waals surface area contributed by atoms with Gasteiger partial charge in [0, 0.05) is 34.8 Å². The molecule has 8 heteroatoms. The first-order valence-electron chi connectivity index (χ1n) is 9.96. The third-order valence-corrected chi connectivity index (χ3v) is 5.83. The van der Waals surface area contributed by atoms with E-state index in [-0.39, 0.29) is 11.6 Å². The second-order valence-corrected chi connectivity index (χ2v) is 7.98. The largest absolute Gasteiger partial charge is 0.322 e. The van der Waals surface area contributed by atoms with Gasteiger partial charge in [-0.2, -0.15) is 5.10 Å². The summed E-state index contributed by atoms with van der Waals surface area (Å²) in [4.78, 5) is 26.1. The molecule has 0 saturated heterocycles. The molecule has 0 radical (unpaired) electrons. The summed E-state index contributed by atoms with van der Waals surface area (Å²) in [7, 11) is 0. The molecule has 1 unspecified atom stereocenters. The van der Waals surface area contributed by atoms with E-state index in [9.17, 15) is 14.9 Å². The molecule has 7 nitrogen and oxygen atoms in total. The number of aromatic amines is 1. The summed E-state index contributed by atoms with van der Waals surface area (Å²) in [6.07, 6.45) is 0. The smallest absolute Gasteiger partial charge is 0.273 e. The molecule has 1 atom stereocenters. The van der Waals surface area contributed by atoms with Gasteiger partial charge < -0.3 is 4.90 Å². The summed E-state index contributed by atoms with van der Waals surface area (Å²) in [5.74, 6) is -0.207. The maximum atomic E-state index is 13.4. The van der Waals surface area contributed by atoms with Crippen molar-refractivity contribution in [2.45, 2.75) is 12.6 Å². The van der Waals surface area contributed by atoms with Gasteiger partial charge in [0.05, 0.1) is 16.7 Å². The number of H-pyrrole nitrogens is 1. The molecule has 2 heterocycles. The number of amides is 1. The van der Waals surface area contributed by atoms with Crippen molar-refractivity contribution in [3.63, 3.8) is 0 Å². The van der Waals surface area contributed by atoms with Crippen molar-refractivity contribution >= 4 is 23.2 Å². The molecule has 1 aliphatic rings. The summed E-state index contributed by atoms with van der Waals surface area (Å²) >= 11 is 6.02. The fraction of sp³-hybridized carbons (Fsp3) is 0.0833. The average Bonchev–Trinajstić information content (AvgIpc) is 3.35. The van der Waals surface area contributed by atoms with E-state index in [0.717, 1.165) is 16.7 Å². The van der Waals surface area contributed by atoms with Crippen LogP contribution in [-0.4, -0.2) is 25.9 Å². The number of carbonyl (C=O) groups is 1. The Labute approximate surface area is 188 Å². The van der Waals surface area contributed by atoms with Crippen molar-refractivity contribution in [2.75, 3.05) is 0 Å². The minimum Gasteiger partial charge on any atom is -0.322 e. The number of non-ortho nitro benzene ring substituents is 1. The molecule has 32 heavy (non-hydrogen) atoms. The van der Waals surface area contributed by atoms with E-state index < -0.39 is 11.0 Å². The Morgan fingerprint density at radius 3 is 2.50 bits per heavy atom. The average molecular weight is 445 g/mol. The summed E-state index contributed by atoms with van der Waals surface area (Å²) in [6, 6.07) is 22.7. The highest BCUT2D eigenvalue weighted by atomic mass is 35.5. The molecule has 0 spiro atoms. The van der Waals surface area contributed by atoms with E-state index in [1.807, 2.05) is 42.5 Å². The van der Waals surface area contributed by atoms with Crippen LogP contribution in [0, 0.1) is 10.1 Å². The normalized spacial score (nSPS) is 15.1. The first kappa shape index (κ1) is 20.0. The van der Waals surface area contributed by atoms with E-state index in [4.69, 9.17) is 11.6 Å². The number of nitro benzene ring substituents is 1. The molecule has 1 amide bonds. The van der Waals surface area contributed by atoms with Gasteiger partial charge in [-0.1, -0.05) is 66.2 Å². The second-order valence-electron chi connectivity index (χ2n) is 7.54. The highest BCUT2D eigenvalue weighted by Crippen LogP contribution is 2.44. The van der Waals surface area contributed by atoms with Gasteiger partial charge in [0.2, 0.25) is 0 Å². The minimum atomic E-state index is -0.526. The molecule has 158 valence electrons. The lowest BCUT2D eigenvalue weighted by Gasteiger charge is -2.26. The van der Waals surface area contributed by atoms with Crippen LogP contribution in [0.3, 0.4) is 0 Å². The molecule has 5 rings (SSSR count). The highest BCUT2D eigenvalue weighted by Gasteiger charge is 2.42. The maximum absolute atomic E-state index is 13.4. The van der Waals surface area contributed by atoms with Gasteiger partial charge in [0.15, 0.2) is 0 Å². The molecular weight excluding hydrogens is 428 g/mol. The first-order chi connectivity index (χ1) is 15.5. The number of benzene rings is 3. The van der Waals surface area contributed by atoms with E-state index in [2.05, 4.69) is 10.2 Å². The number of nitro groups is 1. The zero-order valence-electron chi connectivity index (χ0n) is 16.7. The number of nitrogens with one attached hydrogen (secondary N) is 1. The van der Waals surface area contributed by atoms with Crippen LogP contribution in [0.25, 0.3) is 11.3 Å². The monoisotopic (exact) mass is 444 g/mol. The lowest BCUT2D eigenvalue weighted by Crippen LogP contribution is -2.29. The van der Waals surface area contributed by atoms with Gasteiger partial charge in [-0.05, 0) is 23.3 Å². The lowest BCUT2D eigenvalue weighted by atomic mass is 9.95. The fourth-order valence-corrected chi connectivity index (χ4v) is 4.24. The van der Waals surface area contributed by atoms with Gasteiger partial charge in [0.1, 0.15) is 5.69 Å². The van der Waals surface area contributed by atoms with E-state index in [1.165, 1.54) is 12.1 Å². The second kappa shape index (κ2) is 7.94. The molecule has 0 bridgehead atoms. The predicted molar refractivity (Wildman–Crippen MR) is 120 cm³/mol. The Morgan fingerprint density at radius 2 is 1.78 bits per heavy atom. The van der Waals surface area contributed by atoms with Crippen molar-refractivity contribution in [3.05, 3.63) is 116 Å². The number of carbonyl (C=O) groups excluding carboxylic acids is 1. The van der Waals surface area contributed by atoms with Gasteiger partial charge in [0.25, 0.3) is 11.6 Å². The Hall–Kier alpha value is -3.97. The molecular formula is C24H17ClN4O3. The number of nitrogens with zero attached hydrogens (tertiary/aromatic N) is 3. The van der Waals surface area contributed by atoms with Crippen LogP contribution in [0.4, 0.5) is 5.69 Å². The van der Waals surface area contributed by atoms with E-state index in [1.54, 1.807) is 29.2 Å². The molecule has 1 N–H and O–H groups in total. The van der Waals surface area contributed by atoms with Crippen LogP contribution in [0.2, 0.25) is 5.02 Å². The number of fused-ring (bicyclic) bond motifs is 1. The molecule has 0 aliphatic carbocycles. The Balaban J connectivity index is 1.66. The van der Waals surface area contributed by atoms with Crippen molar-refractivity contribution in [2.24, 2.45) is 0 Å². The summed E-state index contributed by atoms with van der Waals surface area (Å²) in [5, 5.41) is 19.3. The fourth-order valence-electron chi connectivity index (χ4n) is 4.12. The highest BCUT2D eigenvalue weighted by molar-refractivity contribution is 6.30. The van der Waals surface area contributed by atoms with Crippen molar-refractivity contribution < 1.29 is 9.72 Å². The van der Waals surface area contributed by atoms with Gasteiger partial charge >= 0.3 is 0 Å². The Morgan fingerprint density at radius 1 is 1.03 bits per heavy atom. The Kier molecular flexibility index (Phi) is 4.95. The van der Waals surface area contributed by atoms with Crippen molar-refractivity contribution in [1.29, 1.82) is 0 Å². The zero-order chi connectivity index (χ0) is 22.2. The quantitative estimate of drug-likeness (QED) is 0.330. The van der Waals surface area contributed by atoms with Crippen LogP contribution < -0.4 is 0 Å². The van der Waals surface area contributed by atoms with Crippen LogP contribution in [0.1, 0.15) is 33.2 Å². The minimum absolute atomic E-state index is 0.0282. The van der Waals surface area contributed by atoms with Crippen molar-refractivity contribution in [3.8, 4) is 11.3 Å². The van der Waals surface area contributed by atoms with Crippen LogP contribution >= 0.6 is 11.6 Å². The van der Waals surface area contributed by atoms with Crippen LogP contribution in [0.15, 0.2) is 78.9 Å². The third kappa shape index (κ3) is 3.42. The molecule has 0 saturated carbocycles. The number of aromatic nitrogens is 2. The lowest BCUT2D eigenvalue weighted by molar-refractivity contribution is -0.384. The topological polar surface area (TPSA) is 92.1 Å². The molecule has 1 aromatic heterocycles. The number of rotatable bonds is 5. The summed E-state index contributed by atoms with van der Waals surface area (Å²) in [6.45, 7) is 0.320. The molecule has 0 fully saturated rings. The predicted octanol–water partition coefficient (Wildman–Crippen LogP) is 5.38. The van der Waals surface area contributed by atoms with Gasteiger partial charge in [-0.25, -0.2) is 0 Å². The zero-order valence-corrected chi connectivity index (χ0v) is 17.5. The molecule has 1 aliphatic heterocycles. The molecule has 4 aromatic rings. The maximum Gasteiger partial charge on any atom is 0.273 e. The third-order valence-electron chi connectivity index (χ3n) is 5.57. The standard InChI is InChI=1S/C24H17ClN4O3/c25-18-11-9-15(10-12-18)14-28-23(17-7-4-8-19(13-17)29(31)32)20-21(16-5-2-1-3-6-16)26-27-22(20)24(28)30/h1-13,23H,14H2,(H,26,27). The van der Waals surface area contributed by atoms with Gasteiger partial charge in [-0.3, -0.25) is 20.0 Å². The first-order valence-corrected chi connectivity index (χ1v) is 10.3. The van der Waals surface area contributed by atoms with Crippen LogP contribution in [0.5, 0.6) is 0 Å². The van der Waals surface area contributed by atoms with Gasteiger partial charge in [-0.15, -0.1) is 0 Å². The summed E-state index contributed by atoms with van der Waals surface area (Å²) < 4.78 is 0. The SMILES string of the molecule is O=C1c2[nH]nc(-c3ccccc3)c2C(c2cccc([N+](=O)[O-])c2)N1Cc1ccc(Cl)cc1. The Bertz CT molecular complexity index is 1320. The van der Waals surface area contributed by atoms with Crippen LogP contribution in [-0.2, 0) is 6.54 Å². The number of hydrogen-bond acceptors (Lipinski definition) is 4. The molecule has 3 aromatic carbocycles. The number of halogens is 1. The van der Waals surface area contributed by atoms with E-state index in [0.29, 0.717) is 28.5 Å².